The molecule has 5 nitrogen and oxygen atoms in total. The summed E-state index contributed by atoms with van der Waals surface area (Å²) < 4.78 is 30.1. The van der Waals surface area contributed by atoms with Crippen molar-refractivity contribution in [2.75, 3.05) is 7.11 Å². The summed E-state index contributed by atoms with van der Waals surface area (Å²) in [6.07, 6.45) is 0.989. The SMILES string of the molecule is COc1ccccc1S(=O)(=O)N=C=O. The Bertz CT molecular complexity index is 474. The van der Waals surface area contributed by atoms with E-state index in [-0.39, 0.29) is 10.6 Å². The maximum absolute atomic E-state index is 11.3. The van der Waals surface area contributed by atoms with Crippen LogP contribution in [0.2, 0.25) is 0 Å². The first kappa shape index (κ1) is 10.4. The van der Waals surface area contributed by atoms with Crippen LogP contribution in [-0.2, 0) is 14.8 Å². The van der Waals surface area contributed by atoms with E-state index < -0.39 is 10.0 Å². The van der Waals surface area contributed by atoms with Crippen molar-refractivity contribution in [3.05, 3.63) is 24.3 Å². The molecule has 6 heteroatoms. The zero-order chi connectivity index (χ0) is 10.6. The van der Waals surface area contributed by atoms with E-state index in [9.17, 15) is 13.2 Å². The first-order valence-electron chi connectivity index (χ1n) is 3.59. The Morgan fingerprint density at radius 2 is 2.00 bits per heavy atom. The molecule has 0 saturated carbocycles. The Hall–Kier alpha value is -1.65. The summed E-state index contributed by atoms with van der Waals surface area (Å²) in [5.74, 6) is 0.145. The Balaban J connectivity index is 3.39. The van der Waals surface area contributed by atoms with Gasteiger partial charge in [0.15, 0.2) is 0 Å². The van der Waals surface area contributed by atoms with Gasteiger partial charge in [-0.25, -0.2) is 4.79 Å². The average molecular weight is 213 g/mol. The number of ether oxygens (including phenoxy) is 1. The third-order valence-electron chi connectivity index (χ3n) is 1.50. The molecule has 0 aliphatic carbocycles. The van der Waals surface area contributed by atoms with Gasteiger partial charge in [-0.3, -0.25) is 0 Å². The summed E-state index contributed by atoms with van der Waals surface area (Å²) >= 11 is 0. The molecular weight excluding hydrogens is 206 g/mol. The van der Waals surface area contributed by atoms with E-state index >= 15 is 0 Å². The van der Waals surface area contributed by atoms with Gasteiger partial charge in [0.05, 0.1) is 7.11 Å². The molecule has 14 heavy (non-hydrogen) atoms. The van der Waals surface area contributed by atoms with E-state index in [1.807, 2.05) is 0 Å². The van der Waals surface area contributed by atoms with Gasteiger partial charge in [-0.15, -0.1) is 0 Å². The number of hydrogen-bond donors (Lipinski definition) is 0. The van der Waals surface area contributed by atoms with Crippen LogP contribution in [0, 0.1) is 0 Å². The van der Waals surface area contributed by atoms with Crippen LogP contribution in [0.1, 0.15) is 0 Å². The summed E-state index contributed by atoms with van der Waals surface area (Å²) in [7, 11) is -2.64. The molecule has 0 saturated heterocycles. The van der Waals surface area contributed by atoms with Crippen molar-refractivity contribution in [2.24, 2.45) is 4.40 Å². The van der Waals surface area contributed by atoms with E-state index in [1.54, 1.807) is 6.07 Å². The predicted octanol–water partition coefficient (Wildman–Crippen LogP) is 0.720. The van der Waals surface area contributed by atoms with Crippen molar-refractivity contribution in [3.63, 3.8) is 0 Å². The molecule has 0 aliphatic rings. The van der Waals surface area contributed by atoms with Crippen molar-refractivity contribution in [2.45, 2.75) is 4.90 Å². The Morgan fingerprint density at radius 1 is 1.36 bits per heavy atom. The second-order valence-electron chi connectivity index (χ2n) is 2.31. The molecule has 1 rings (SSSR count). The minimum absolute atomic E-state index is 0.145. The fourth-order valence-corrected chi connectivity index (χ4v) is 1.78. The molecule has 1 aromatic rings. The molecule has 0 atom stereocenters. The number of benzene rings is 1. The number of rotatable bonds is 3. The van der Waals surface area contributed by atoms with Gasteiger partial charge in [-0.1, -0.05) is 16.5 Å². The lowest BCUT2D eigenvalue weighted by atomic mass is 10.3. The van der Waals surface area contributed by atoms with Gasteiger partial charge in [0.25, 0.3) is 16.1 Å². The minimum Gasteiger partial charge on any atom is -0.495 e. The standard InChI is InChI=1S/C8H7NO4S/c1-13-7-4-2-3-5-8(7)14(11,12)9-6-10/h2-5H,1H3. The van der Waals surface area contributed by atoms with Gasteiger partial charge in [0.2, 0.25) is 0 Å². The second-order valence-corrected chi connectivity index (χ2v) is 3.88. The fourth-order valence-electron chi connectivity index (χ4n) is 0.930. The molecule has 0 amide bonds. The van der Waals surface area contributed by atoms with Gasteiger partial charge >= 0.3 is 0 Å². The molecule has 0 unspecified atom stereocenters. The highest BCUT2D eigenvalue weighted by Crippen LogP contribution is 2.23. The summed E-state index contributed by atoms with van der Waals surface area (Å²) in [6, 6.07) is 5.89. The van der Waals surface area contributed by atoms with Crippen LogP contribution in [0.25, 0.3) is 0 Å². The molecular formula is C8H7NO4S. The average Bonchev–Trinajstić information content (AvgIpc) is 2.18. The zero-order valence-electron chi connectivity index (χ0n) is 7.30. The Labute approximate surface area is 81.1 Å². The highest BCUT2D eigenvalue weighted by atomic mass is 32.2. The summed E-state index contributed by atoms with van der Waals surface area (Å²) in [4.78, 5) is 9.73. The number of methoxy groups -OCH3 is 1. The number of nitrogens with zero attached hydrogens (tertiary/aromatic N) is 1. The number of isocyanates is 1. The van der Waals surface area contributed by atoms with Crippen LogP contribution < -0.4 is 4.74 Å². The van der Waals surface area contributed by atoms with Gasteiger partial charge < -0.3 is 4.74 Å². The largest absolute Gasteiger partial charge is 0.495 e. The molecule has 0 spiro atoms. The summed E-state index contributed by atoms with van der Waals surface area (Å²) in [6.45, 7) is 0. The molecule has 0 aliphatic heterocycles. The van der Waals surface area contributed by atoms with Gasteiger partial charge in [0, 0.05) is 0 Å². The monoisotopic (exact) mass is 213 g/mol. The predicted molar refractivity (Wildman–Crippen MR) is 48.3 cm³/mol. The van der Waals surface area contributed by atoms with E-state index in [1.165, 1.54) is 25.3 Å². The number of sulfonamides is 1. The highest BCUT2D eigenvalue weighted by Gasteiger charge is 2.17. The van der Waals surface area contributed by atoms with E-state index in [2.05, 4.69) is 4.40 Å². The smallest absolute Gasteiger partial charge is 0.296 e. The Kier molecular flexibility index (Phi) is 3.01. The van der Waals surface area contributed by atoms with E-state index in [0.717, 1.165) is 6.08 Å². The van der Waals surface area contributed by atoms with Crippen molar-refractivity contribution in [1.29, 1.82) is 0 Å². The topological polar surface area (TPSA) is 72.8 Å². The molecule has 1 aromatic carbocycles. The normalized spacial score (nSPS) is 10.4. The molecule has 0 aromatic heterocycles. The van der Waals surface area contributed by atoms with Crippen LogP contribution in [0.3, 0.4) is 0 Å². The summed E-state index contributed by atoms with van der Waals surface area (Å²) in [5, 5.41) is 0. The van der Waals surface area contributed by atoms with Gasteiger partial charge in [-0.05, 0) is 12.1 Å². The minimum atomic E-state index is -3.98. The van der Waals surface area contributed by atoms with Crippen molar-refractivity contribution < 1.29 is 17.9 Å². The first-order chi connectivity index (χ1) is 6.61. The zero-order valence-corrected chi connectivity index (χ0v) is 8.11. The molecule has 74 valence electrons. The maximum atomic E-state index is 11.3. The van der Waals surface area contributed by atoms with Crippen molar-refractivity contribution in [1.82, 2.24) is 0 Å². The second kappa shape index (κ2) is 4.04. The third kappa shape index (κ3) is 1.99. The number of carbonyl (C=O) groups excluding carboxylic acids is 1. The molecule has 0 radical (unpaired) electrons. The molecule has 0 fully saturated rings. The van der Waals surface area contributed by atoms with Crippen molar-refractivity contribution >= 4 is 16.1 Å². The number of hydrogen-bond acceptors (Lipinski definition) is 4. The lowest BCUT2D eigenvalue weighted by Crippen LogP contribution is -1.99. The highest BCUT2D eigenvalue weighted by molar-refractivity contribution is 7.90. The van der Waals surface area contributed by atoms with Gasteiger partial charge in [0.1, 0.15) is 10.6 Å². The van der Waals surface area contributed by atoms with Crippen LogP contribution in [0.4, 0.5) is 0 Å². The molecule has 0 bridgehead atoms. The lowest BCUT2D eigenvalue weighted by Gasteiger charge is -2.03. The lowest BCUT2D eigenvalue weighted by molar-refractivity contribution is 0.403. The van der Waals surface area contributed by atoms with E-state index in [4.69, 9.17) is 4.74 Å². The van der Waals surface area contributed by atoms with Crippen LogP contribution >= 0.6 is 0 Å². The maximum Gasteiger partial charge on any atom is 0.296 e. The Morgan fingerprint density at radius 3 is 2.57 bits per heavy atom. The van der Waals surface area contributed by atoms with Crippen molar-refractivity contribution in [3.8, 4) is 5.75 Å². The van der Waals surface area contributed by atoms with Crippen LogP contribution in [0.15, 0.2) is 33.6 Å². The van der Waals surface area contributed by atoms with Crippen LogP contribution in [0.5, 0.6) is 5.75 Å². The quantitative estimate of drug-likeness (QED) is 0.547. The molecule has 0 N–H and O–H groups in total. The van der Waals surface area contributed by atoms with E-state index in [0.29, 0.717) is 0 Å². The summed E-state index contributed by atoms with van der Waals surface area (Å²) in [5.41, 5.74) is 0. The van der Waals surface area contributed by atoms with Crippen LogP contribution in [-0.4, -0.2) is 21.6 Å². The number of para-hydroxylation sites is 1. The van der Waals surface area contributed by atoms with Gasteiger partial charge in [-0.2, -0.15) is 8.42 Å². The third-order valence-corrected chi connectivity index (χ3v) is 2.71. The fraction of sp³-hybridized carbons (Fsp3) is 0.125. The first-order valence-corrected chi connectivity index (χ1v) is 5.03. The molecule has 0 heterocycles.